The first-order valence-electron chi connectivity index (χ1n) is 20.2. The fraction of sp³-hybridized carbons (Fsp3) is 0.711. The minimum Gasteiger partial charge on any atom is -0.461 e. The predicted octanol–water partition coefficient (Wildman–Crippen LogP) is 8.67. The quantitative estimate of drug-likeness (QED) is 0.208. The monoisotopic (exact) mass is 709 g/mol. The number of allylic oxidation sites excluding steroid dienone is 2. The summed E-state index contributed by atoms with van der Waals surface area (Å²) in [5.41, 5.74) is 1.23. The molecule has 5 saturated carbocycles. The highest BCUT2D eigenvalue weighted by Crippen LogP contribution is 2.79. The van der Waals surface area contributed by atoms with E-state index in [0.717, 1.165) is 68.8 Å². The maximum absolute atomic E-state index is 14.0. The molecule has 1 heterocycles. The molecule has 0 radical (unpaired) electrons. The Morgan fingerprint density at radius 1 is 0.865 bits per heavy atom. The summed E-state index contributed by atoms with van der Waals surface area (Å²) < 4.78 is 12.2. The Labute approximate surface area is 310 Å². The van der Waals surface area contributed by atoms with E-state index >= 15 is 0 Å². The molecule has 1 aromatic carbocycles. The molecule has 6 aliphatic carbocycles. The van der Waals surface area contributed by atoms with Crippen LogP contribution < -0.4 is 0 Å². The zero-order valence-electron chi connectivity index (χ0n) is 32.7. The SMILES string of the molecule is CC(C)C1=C2C3CC[C@@H]4[C@@]5(C)CC[C@H](OC(=O)[C@H]6C[C@@H](C(=O)OCc7ccccc7)C6(C)C)[C@@]6(C)C=N[C@]65CC[C@@]4(C)[C@]3(C)CC[C@@]2(C=O)CC1=O. The number of aliphatic imine (C=N–C) groups is 1. The van der Waals surface area contributed by atoms with Crippen LogP contribution in [-0.4, -0.2) is 41.9 Å². The number of esters is 2. The average Bonchev–Trinajstić information content (AvgIpc) is 3.41. The lowest BCUT2D eigenvalue weighted by Gasteiger charge is -2.76. The summed E-state index contributed by atoms with van der Waals surface area (Å²) in [6.07, 6.45) is 11.3. The van der Waals surface area contributed by atoms with E-state index in [1.165, 1.54) is 5.57 Å². The van der Waals surface area contributed by atoms with Gasteiger partial charge in [-0.3, -0.25) is 19.4 Å². The molecular formula is C45H59NO6. The number of carbonyl (C=O) groups excluding carboxylic acids is 4. The number of rotatable bonds is 7. The van der Waals surface area contributed by atoms with Crippen molar-refractivity contribution >= 4 is 30.2 Å². The highest BCUT2D eigenvalue weighted by molar-refractivity contribution is 6.04. The van der Waals surface area contributed by atoms with Crippen molar-refractivity contribution in [3.8, 4) is 0 Å². The molecule has 0 amide bonds. The largest absolute Gasteiger partial charge is 0.461 e. The lowest BCUT2D eigenvalue weighted by molar-refractivity contribution is -0.240. The second kappa shape index (κ2) is 11.5. The number of benzene rings is 1. The fourth-order valence-electron chi connectivity index (χ4n) is 14.1. The minimum absolute atomic E-state index is 0.0189. The van der Waals surface area contributed by atoms with Gasteiger partial charge in [0.25, 0.3) is 0 Å². The molecule has 5 fully saturated rings. The standard InChI is InChI=1S/C45H59NO6/c1-27(2)35-32(48)23-44(26-47)20-18-40(5)29(36(35)44)14-15-33-41(40,6)19-21-45-42(33,7)17-16-34(43(45,8)25-46-45)52-38(50)31-22-30(39(31,3)4)37(49)51-24-28-12-10-9-11-13-28/h9-13,25-27,29-31,33-34H,14-24H2,1-8H3/t29?,30-,31+,33-,34-,40+,41+,42+,43+,44-,45-/m0/s1. The first kappa shape index (κ1) is 35.9. The first-order chi connectivity index (χ1) is 24.4. The van der Waals surface area contributed by atoms with Crippen molar-refractivity contribution in [2.75, 3.05) is 0 Å². The van der Waals surface area contributed by atoms with E-state index in [2.05, 4.69) is 47.8 Å². The van der Waals surface area contributed by atoms with Gasteiger partial charge in [-0.1, -0.05) is 78.8 Å². The highest BCUT2D eigenvalue weighted by atomic mass is 16.5. The molecule has 8 rings (SSSR count). The lowest BCUT2D eigenvalue weighted by atomic mass is 9.30. The van der Waals surface area contributed by atoms with Gasteiger partial charge in [0.1, 0.15) is 19.0 Å². The molecule has 0 bridgehead atoms. The van der Waals surface area contributed by atoms with Crippen molar-refractivity contribution in [2.24, 2.45) is 67.1 Å². The van der Waals surface area contributed by atoms with Gasteiger partial charge in [-0.25, -0.2) is 0 Å². The van der Waals surface area contributed by atoms with Crippen molar-refractivity contribution in [1.82, 2.24) is 0 Å². The summed E-state index contributed by atoms with van der Waals surface area (Å²) in [5, 5.41) is 0. The fourth-order valence-corrected chi connectivity index (χ4v) is 14.1. The zero-order valence-corrected chi connectivity index (χ0v) is 32.7. The van der Waals surface area contributed by atoms with E-state index in [0.29, 0.717) is 18.8 Å². The summed E-state index contributed by atoms with van der Waals surface area (Å²) in [6.45, 7) is 18.3. The first-order valence-corrected chi connectivity index (χ1v) is 20.2. The summed E-state index contributed by atoms with van der Waals surface area (Å²) >= 11 is 0. The number of ketones is 1. The van der Waals surface area contributed by atoms with Gasteiger partial charge in [-0.15, -0.1) is 0 Å². The van der Waals surface area contributed by atoms with E-state index < -0.39 is 10.8 Å². The summed E-state index contributed by atoms with van der Waals surface area (Å²) in [6, 6.07) is 9.68. The van der Waals surface area contributed by atoms with Crippen LogP contribution in [0, 0.1) is 62.1 Å². The van der Waals surface area contributed by atoms with Crippen molar-refractivity contribution in [1.29, 1.82) is 0 Å². The molecule has 11 atom stereocenters. The Morgan fingerprint density at radius 2 is 1.56 bits per heavy atom. The Kier molecular flexibility index (Phi) is 7.92. The van der Waals surface area contributed by atoms with Gasteiger partial charge < -0.3 is 14.3 Å². The van der Waals surface area contributed by atoms with Gasteiger partial charge in [0, 0.05) is 12.6 Å². The Hall–Kier alpha value is -3.09. The van der Waals surface area contributed by atoms with Crippen LogP contribution >= 0.6 is 0 Å². The number of nitrogens with zero attached hydrogens (tertiary/aromatic N) is 1. The number of aldehydes is 1. The number of ether oxygens (including phenoxy) is 2. The van der Waals surface area contributed by atoms with E-state index in [1.807, 2.05) is 44.2 Å². The van der Waals surface area contributed by atoms with Gasteiger partial charge in [0.05, 0.1) is 28.2 Å². The lowest BCUT2D eigenvalue weighted by Crippen LogP contribution is -2.77. The summed E-state index contributed by atoms with van der Waals surface area (Å²) in [4.78, 5) is 58.7. The van der Waals surface area contributed by atoms with Gasteiger partial charge in [-0.2, -0.15) is 0 Å². The van der Waals surface area contributed by atoms with Crippen LogP contribution in [0.5, 0.6) is 0 Å². The molecule has 1 spiro atoms. The molecule has 0 N–H and O–H groups in total. The van der Waals surface area contributed by atoms with Gasteiger partial charge >= 0.3 is 11.9 Å². The number of Topliss-reactive ketones (excluding diaryl/α,β-unsaturated/α-hetero) is 1. The molecule has 280 valence electrons. The Bertz CT molecular complexity index is 1780. The molecule has 7 aliphatic rings. The number of fused-ring (bicyclic) bond motifs is 6. The van der Waals surface area contributed by atoms with E-state index in [4.69, 9.17) is 14.5 Å². The summed E-state index contributed by atoms with van der Waals surface area (Å²) in [7, 11) is 0. The average molecular weight is 710 g/mol. The van der Waals surface area contributed by atoms with Crippen LogP contribution in [0.1, 0.15) is 125 Å². The Morgan fingerprint density at radius 3 is 2.19 bits per heavy atom. The molecule has 7 heteroatoms. The summed E-state index contributed by atoms with van der Waals surface area (Å²) in [5.74, 6) is -0.145. The van der Waals surface area contributed by atoms with E-state index in [1.54, 1.807) is 0 Å². The van der Waals surface area contributed by atoms with Crippen LogP contribution in [0.25, 0.3) is 0 Å². The van der Waals surface area contributed by atoms with Crippen molar-refractivity contribution < 1.29 is 28.7 Å². The van der Waals surface area contributed by atoms with E-state index in [9.17, 15) is 19.2 Å². The molecule has 52 heavy (non-hydrogen) atoms. The molecule has 0 saturated heterocycles. The third-order valence-corrected chi connectivity index (χ3v) is 17.5. The zero-order chi connectivity index (χ0) is 37.3. The topological polar surface area (TPSA) is 99.1 Å². The normalized spacial score (nSPS) is 45.3. The maximum atomic E-state index is 14.0. The smallest absolute Gasteiger partial charge is 0.309 e. The molecular weight excluding hydrogens is 650 g/mol. The highest BCUT2D eigenvalue weighted by Gasteiger charge is 2.77. The van der Waals surface area contributed by atoms with Gasteiger partial charge in [0.2, 0.25) is 0 Å². The van der Waals surface area contributed by atoms with Crippen LogP contribution in [0.2, 0.25) is 0 Å². The second-order valence-electron chi connectivity index (χ2n) is 19.9. The number of carbonyl (C=O) groups is 4. The third kappa shape index (κ3) is 4.34. The van der Waals surface area contributed by atoms with Crippen molar-refractivity contribution in [2.45, 2.75) is 138 Å². The van der Waals surface area contributed by atoms with Crippen LogP contribution in [-0.2, 0) is 35.3 Å². The van der Waals surface area contributed by atoms with E-state index in [-0.39, 0.29) is 81.3 Å². The molecule has 7 nitrogen and oxygen atoms in total. The molecule has 1 aromatic rings. The number of hydrogen-bond acceptors (Lipinski definition) is 7. The van der Waals surface area contributed by atoms with Crippen LogP contribution in [0.4, 0.5) is 0 Å². The van der Waals surface area contributed by atoms with Gasteiger partial charge in [0.15, 0.2) is 5.78 Å². The number of hydrogen-bond donors (Lipinski definition) is 0. The Balaban J connectivity index is 1.00. The van der Waals surface area contributed by atoms with Crippen molar-refractivity contribution in [3.63, 3.8) is 0 Å². The molecule has 1 unspecified atom stereocenters. The molecule has 0 aromatic heterocycles. The maximum Gasteiger partial charge on any atom is 0.309 e. The second-order valence-corrected chi connectivity index (χ2v) is 19.9. The molecule has 1 aliphatic heterocycles. The van der Waals surface area contributed by atoms with Crippen LogP contribution in [0.15, 0.2) is 46.5 Å². The van der Waals surface area contributed by atoms with Crippen molar-refractivity contribution in [3.05, 3.63) is 47.0 Å². The minimum atomic E-state index is -0.611. The van der Waals surface area contributed by atoms with Gasteiger partial charge in [-0.05, 0) is 121 Å². The predicted molar refractivity (Wildman–Crippen MR) is 199 cm³/mol. The van der Waals surface area contributed by atoms with Crippen LogP contribution in [0.3, 0.4) is 0 Å². The third-order valence-electron chi connectivity index (χ3n) is 17.5.